The number of carbonyl (C=O) groups excluding carboxylic acids is 2. The van der Waals surface area contributed by atoms with Crippen LogP contribution in [0.15, 0.2) is 16.8 Å². The van der Waals surface area contributed by atoms with Gasteiger partial charge in [0.2, 0.25) is 5.27 Å². The van der Waals surface area contributed by atoms with Crippen LogP contribution in [0.3, 0.4) is 0 Å². The highest BCUT2D eigenvalue weighted by atomic mass is 32.1. The lowest BCUT2D eigenvalue weighted by molar-refractivity contribution is -0.759. The van der Waals surface area contributed by atoms with Gasteiger partial charge in [-0.05, 0) is 39.2 Å². The molecule has 0 bridgehead atoms. The molecule has 0 unspecified atom stereocenters. The first-order valence-electron chi connectivity index (χ1n) is 9.80. The summed E-state index contributed by atoms with van der Waals surface area (Å²) in [6.45, 7) is 5.50. The fourth-order valence-corrected chi connectivity index (χ4v) is 4.52. The Labute approximate surface area is 176 Å². The Morgan fingerprint density at radius 2 is 2.13 bits per heavy atom. The molecule has 1 fully saturated rings. The van der Waals surface area contributed by atoms with Crippen LogP contribution in [-0.4, -0.2) is 41.8 Å². The number of pyridine rings is 1. The summed E-state index contributed by atoms with van der Waals surface area (Å²) < 4.78 is 10.4. The molecule has 0 spiro atoms. The molecule has 158 valence electrons. The molecule has 4 rings (SSSR count). The van der Waals surface area contributed by atoms with Crippen LogP contribution in [0, 0.1) is 6.92 Å². The molecule has 1 aliphatic heterocycles. The van der Waals surface area contributed by atoms with E-state index in [2.05, 4.69) is 20.6 Å². The van der Waals surface area contributed by atoms with Gasteiger partial charge in [0.05, 0.1) is 35.7 Å². The van der Waals surface area contributed by atoms with Gasteiger partial charge in [0.15, 0.2) is 0 Å². The highest BCUT2D eigenvalue weighted by molar-refractivity contribution is 7.21. The van der Waals surface area contributed by atoms with Crippen molar-refractivity contribution >= 4 is 45.0 Å². The molecule has 0 radical (unpaired) electrons. The van der Waals surface area contributed by atoms with Crippen LogP contribution >= 0.6 is 11.3 Å². The van der Waals surface area contributed by atoms with E-state index >= 15 is 0 Å². The van der Waals surface area contributed by atoms with E-state index in [0.29, 0.717) is 21.5 Å². The van der Waals surface area contributed by atoms with Crippen molar-refractivity contribution in [2.24, 2.45) is 0 Å². The second kappa shape index (κ2) is 8.27. The number of nitrogens with zero attached hydrogens (tertiary/aromatic N) is 4. The van der Waals surface area contributed by atoms with Crippen LogP contribution in [0.1, 0.15) is 51.9 Å². The number of piperidine rings is 1. The Morgan fingerprint density at radius 3 is 2.87 bits per heavy atom. The molecule has 3 aromatic heterocycles. The maximum absolute atomic E-state index is 12.8. The maximum Gasteiger partial charge on any atom is 0.338 e. The number of fused-ring (bicyclic) bond motifs is 1. The lowest BCUT2D eigenvalue weighted by atomic mass is 10.1. The molecule has 4 heterocycles. The summed E-state index contributed by atoms with van der Waals surface area (Å²) in [4.78, 5) is 32.0. The van der Waals surface area contributed by atoms with Crippen LogP contribution in [-0.2, 0) is 4.74 Å². The zero-order valence-electron chi connectivity index (χ0n) is 16.8. The minimum absolute atomic E-state index is 0.187. The number of aryl methyl sites for hydroxylation is 1. The first-order chi connectivity index (χ1) is 14.5. The molecule has 0 atom stereocenters. The van der Waals surface area contributed by atoms with Gasteiger partial charge >= 0.3 is 11.9 Å². The summed E-state index contributed by atoms with van der Waals surface area (Å²) in [5, 5.41) is 9.13. The quantitative estimate of drug-likeness (QED) is 0.464. The van der Waals surface area contributed by atoms with Gasteiger partial charge in [-0.1, -0.05) is 0 Å². The number of nitrogens with two attached hydrogens (primary N) is 1. The number of aromatic nitrogens is 3. The fourth-order valence-electron chi connectivity index (χ4n) is 3.46. The summed E-state index contributed by atoms with van der Waals surface area (Å²) in [7, 11) is 0. The number of nitrogen functional groups attached to an aromatic ring is 1. The molecule has 1 aliphatic rings. The molecule has 1 amide bonds. The Morgan fingerprint density at radius 1 is 1.37 bits per heavy atom. The molecule has 10 nitrogen and oxygen atoms in total. The molecular weight excluding hydrogens is 408 g/mol. The Bertz CT molecular complexity index is 1100. The Kier molecular flexibility index (Phi) is 5.53. The van der Waals surface area contributed by atoms with Crippen LogP contribution in [0.5, 0.6) is 0 Å². The van der Waals surface area contributed by atoms with Crippen molar-refractivity contribution in [1.82, 2.24) is 10.3 Å². The van der Waals surface area contributed by atoms with Crippen molar-refractivity contribution in [3.05, 3.63) is 28.4 Å². The molecule has 0 aliphatic carbocycles. The van der Waals surface area contributed by atoms with Crippen LogP contribution < -0.4 is 20.9 Å². The van der Waals surface area contributed by atoms with Crippen molar-refractivity contribution in [2.75, 3.05) is 35.8 Å². The Balaban J connectivity index is 1.61. The second-order valence-corrected chi connectivity index (χ2v) is 8.01. The van der Waals surface area contributed by atoms with E-state index in [1.54, 1.807) is 30.9 Å². The average Bonchev–Trinajstić information content (AvgIpc) is 3.33. The predicted molar refractivity (Wildman–Crippen MR) is 111 cm³/mol. The van der Waals surface area contributed by atoms with E-state index in [1.165, 1.54) is 6.42 Å². The van der Waals surface area contributed by atoms with Gasteiger partial charge in [-0.2, -0.15) is 5.01 Å². The van der Waals surface area contributed by atoms with Crippen molar-refractivity contribution in [3.63, 3.8) is 0 Å². The summed E-state index contributed by atoms with van der Waals surface area (Å²) in [5.74, 6) is -0.746. The number of thiophene rings is 1. The van der Waals surface area contributed by atoms with Gasteiger partial charge in [0, 0.05) is 11.1 Å². The van der Waals surface area contributed by atoms with Crippen LogP contribution in [0.4, 0.5) is 11.6 Å². The molecular formula is C19H23N6O4S+. The number of ether oxygens (including phenoxy) is 1. The number of anilines is 2. The topological polar surface area (TPSA) is 127 Å². The first-order valence-corrected chi connectivity index (χ1v) is 10.6. The monoisotopic (exact) mass is 431 g/mol. The second-order valence-electron chi connectivity index (χ2n) is 7.01. The fraction of sp³-hybridized carbons (Fsp3) is 0.421. The van der Waals surface area contributed by atoms with Gasteiger partial charge < -0.3 is 10.5 Å². The molecule has 0 saturated carbocycles. The minimum atomic E-state index is -0.498. The van der Waals surface area contributed by atoms with Crippen molar-refractivity contribution < 1.29 is 23.6 Å². The smallest absolute Gasteiger partial charge is 0.338 e. The number of amides is 1. The van der Waals surface area contributed by atoms with E-state index < -0.39 is 11.9 Å². The normalized spacial score (nSPS) is 14.1. The summed E-state index contributed by atoms with van der Waals surface area (Å²) in [6, 6.07) is 1.61. The maximum atomic E-state index is 12.8. The highest BCUT2D eigenvalue weighted by Gasteiger charge is 2.27. The van der Waals surface area contributed by atoms with Gasteiger partial charge in [-0.25, -0.2) is 9.78 Å². The largest absolute Gasteiger partial charge is 0.462 e. The molecule has 3 N–H and O–H groups in total. The zero-order chi connectivity index (χ0) is 21.3. The van der Waals surface area contributed by atoms with Gasteiger partial charge in [0.25, 0.3) is 12.1 Å². The molecule has 30 heavy (non-hydrogen) atoms. The van der Waals surface area contributed by atoms with E-state index in [9.17, 15) is 9.59 Å². The molecule has 0 aromatic carbocycles. The number of rotatable bonds is 5. The SMILES string of the molecule is CCOC(=O)c1cc(C)nc2sc(C(=O)Nc3c[n+](N4CCCCC4)no3)c(N)c12. The number of carbonyl (C=O) groups is 2. The van der Waals surface area contributed by atoms with Gasteiger partial charge in [-0.15, -0.1) is 11.3 Å². The number of esters is 1. The summed E-state index contributed by atoms with van der Waals surface area (Å²) in [5.41, 5.74) is 7.37. The third kappa shape index (κ3) is 3.80. The lowest BCUT2D eigenvalue weighted by Gasteiger charge is -2.17. The highest BCUT2D eigenvalue weighted by Crippen LogP contribution is 2.36. The van der Waals surface area contributed by atoms with E-state index in [-0.39, 0.29) is 23.1 Å². The summed E-state index contributed by atoms with van der Waals surface area (Å²) >= 11 is 1.11. The van der Waals surface area contributed by atoms with Crippen molar-refractivity contribution in [3.8, 4) is 0 Å². The zero-order valence-corrected chi connectivity index (χ0v) is 17.6. The van der Waals surface area contributed by atoms with Crippen LogP contribution in [0.25, 0.3) is 10.2 Å². The van der Waals surface area contributed by atoms with Gasteiger partial charge in [-0.3, -0.25) is 14.6 Å². The van der Waals surface area contributed by atoms with Gasteiger partial charge in [0.1, 0.15) is 9.71 Å². The Hall–Kier alpha value is -3.21. The lowest BCUT2D eigenvalue weighted by Crippen LogP contribution is -2.60. The van der Waals surface area contributed by atoms with E-state index in [1.807, 2.05) is 0 Å². The third-order valence-corrected chi connectivity index (χ3v) is 5.94. The summed E-state index contributed by atoms with van der Waals surface area (Å²) in [6.07, 6.45) is 5.01. The van der Waals surface area contributed by atoms with Crippen molar-refractivity contribution in [1.29, 1.82) is 0 Å². The van der Waals surface area contributed by atoms with E-state index in [0.717, 1.165) is 37.3 Å². The van der Waals surface area contributed by atoms with Crippen molar-refractivity contribution in [2.45, 2.75) is 33.1 Å². The number of hydrogen-bond donors (Lipinski definition) is 2. The minimum Gasteiger partial charge on any atom is -0.462 e. The van der Waals surface area contributed by atoms with E-state index in [4.69, 9.17) is 15.0 Å². The third-order valence-electron chi connectivity index (χ3n) is 4.84. The average molecular weight is 431 g/mol. The molecule has 3 aromatic rings. The van der Waals surface area contributed by atoms with Crippen LogP contribution in [0.2, 0.25) is 0 Å². The standard InChI is InChI=1S/C19H22N6O4S/c1-3-28-19(27)12-9-11(2)21-18-14(12)15(20)16(30-18)17(26)22-13-10-25(23-29-13)24-7-5-4-6-8-24/h9-10H,3-8H2,1-2H3,(H2-,20,22,23,26)/p+1. The number of hydrogen-bond acceptors (Lipinski definition) is 9. The molecule has 1 saturated heterocycles. The molecule has 11 heteroatoms. The number of nitrogens with one attached hydrogen (secondary N) is 1. The first kappa shape index (κ1) is 20.1. The predicted octanol–water partition coefficient (Wildman–Crippen LogP) is 2.01.